The minimum Gasteiger partial charge on any atom is -0.481 e. The molecule has 0 saturated carbocycles. The minimum atomic E-state index is -3.11. The molecule has 1 aromatic rings. The third-order valence-electron chi connectivity index (χ3n) is 9.16. The first kappa shape index (κ1) is 47.1. The Morgan fingerprint density at radius 2 is 1.63 bits per heavy atom. The highest BCUT2D eigenvalue weighted by molar-refractivity contribution is 8.29. The molecule has 2 heterocycles. The van der Waals surface area contributed by atoms with Crippen LogP contribution in [-0.4, -0.2) is 99.4 Å². The number of carbonyl (C=O) groups is 6. The molecular weight excluding hydrogens is 825 g/mol. The van der Waals surface area contributed by atoms with Gasteiger partial charge < -0.3 is 31.7 Å². The van der Waals surface area contributed by atoms with Crippen molar-refractivity contribution in [2.24, 2.45) is 5.11 Å². The number of Topliss-reactive ketones (excluding diaryl/α,β-unsaturated/α-hetero) is 1. The maximum absolute atomic E-state index is 14.6. The van der Waals surface area contributed by atoms with Crippen LogP contribution in [0.1, 0.15) is 87.4 Å². The zero-order valence-corrected chi connectivity index (χ0v) is 33.3. The number of thioether (sulfide) groups is 1. The van der Waals surface area contributed by atoms with Crippen LogP contribution in [0.5, 0.6) is 0 Å². The van der Waals surface area contributed by atoms with E-state index >= 15 is 0 Å². The van der Waals surface area contributed by atoms with Crippen LogP contribution in [0.2, 0.25) is 0 Å². The number of unbranched alkanes of at least 4 members (excludes halogenated alkanes) is 4. The van der Waals surface area contributed by atoms with E-state index in [1.54, 1.807) is 0 Å². The highest BCUT2D eigenvalue weighted by Crippen LogP contribution is 2.44. The Kier molecular flexibility index (Phi) is 18.2. The summed E-state index contributed by atoms with van der Waals surface area (Å²) in [5.74, 6) is -11.9. The van der Waals surface area contributed by atoms with E-state index in [0.29, 0.717) is 50.8 Å². The molecule has 0 bridgehead atoms. The van der Waals surface area contributed by atoms with Crippen molar-refractivity contribution in [2.45, 2.75) is 99.9 Å². The molecule has 1 unspecified atom stereocenters. The van der Waals surface area contributed by atoms with Gasteiger partial charge in [0.1, 0.15) is 24.8 Å². The number of aliphatic carboxylic acids is 1. The van der Waals surface area contributed by atoms with E-state index in [1.165, 1.54) is 11.8 Å². The number of halogens is 4. The Labute approximate surface area is 334 Å². The molecule has 2 fully saturated rings. The van der Waals surface area contributed by atoms with Gasteiger partial charge in [-0.2, -0.15) is 0 Å². The number of carboxylic acid groups (broad SMARTS) is 1. The SMILES string of the molecule is CS(=O)(=S)OCCC(=O)[C@H](CCCCNC(=O)CCCCCNC(=O)[C@@]1(CCCCC(=O)O)SC[C@@H]2NC(=O)N[C@@H]21)NC(=O)c1c(F)c(F)c(N=[N+]=[N-])c(F)c1F. The van der Waals surface area contributed by atoms with Crippen molar-refractivity contribution < 1.29 is 59.8 Å². The molecule has 316 valence electrons. The van der Waals surface area contributed by atoms with E-state index in [4.69, 9.17) is 14.8 Å². The Hall–Kier alpha value is -4.25. The summed E-state index contributed by atoms with van der Waals surface area (Å²) in [6.07, 6.45) is 4.08. The number of carboxylic acids is 1. The third kappa shape index (κ3) is 13.7. The van der Waals surface area contributed by atoms with E-state index in [-0.39, 0.29) is 62.5 Å². The standard InChI is InChI=1S/C33H44F4N8O9S3/c1-57(53,55)54-16-12-20(46)18(41-30(50)23-24(34)26(36)28(44-45-38)27(37)25(23)35)9-5-8-14-39-21(47)10-3-2-7-15-40-31(51)33(13-6-4-11-22(48)49)29-19(17-56-33)42-32(52)43-29/h18-19,29H,2-17H2,1H3,(H,39,47)(H,40,51)(H,41,50)(H,48,49)(H2,42,43,52)/t18-,19-,29-,33-,57?/m0/s1. The predicted molar refractivity (Wildman–Crippen MR) is 202 cm³/mol. The molecule has 0 spiro atoms. The average Bonchev–Trinajstić information content (AvgIpc) is 3.68. The minimum absolute atomic E-state index is 0.0197. The molecule has 24 heteroatoms. The van der Waals surface area contributed by atoms with E-state index in [0.717, 1.165) is 6.26 Å². The Morgan fingerprint density at radius 3 is 2.28 bits per heavy atom. The molecule has 0 radical (unpaired) electrons. The molecule has 0 aromatic heterocycles. The average molecular weight is 869 g/mol. The molecule has 2 aliphatic heterocycles. The van der Waals surface area contributed by atoms with Crippen LogP contribution in [0, 0.1) is 23.3 Å². The van der Waals surface area contributed by atoms with Crippen molar-refractivity contribution in [1.82, 2.24) is 26.6 Å². The molecule has 6 N–H and O–H groups in total. The molecule has 3 rings (SSSR count). The fourth-order valence-corrected chi connectivity index (χ4v) is 8.58. The normalized spacial score (nSPS) is 19.9. The molecule has 57 heavy (non-hydrogen) atoms. The summed E-state index contributed by atoms with van der Waals surface area (Å²) in [4.78, 5) is 76.5. The third-order valence-corrected chi connectivity index (χ3v) is 11.7. The van der Waals surface area contributed by atoms with Crippen molar-refractivity contribution in [3.05, 3.63) is 39.3 Å². The summed E-state index contributed by atoms with van der Waals surface area (Å²) in [5, 5.41) is 24.9. The highest BCUT2D eigenvalue weighted by Gasteiger charge is 2.57. The summed E-state index contributed by atoms with van der Waals surface area (Å²) in [6.45, 7) is 0.0582. The summed E-state index contributed by atoms with van der Waals surface area (Å²) < 4.78 is 73.4. The lowest BCUT2D eigenvalue weighted by molar-refractivity contribution is -0.137. The number of hydrogen-bond donors (Lipinski definition) is 6. The fraction of sp³-hybridized carbons (Fsp3) is 0.636. The van der Waals surface area contributed by atoms with Crippen molar-refractivity contribution in [1.29, 1.82) is 0 Å². The fourth-order valence-electron chi connectivity index (χ4n) is 6.35. The van der Waals surface area contributed by atoms with Gasteiger partial charge in [-0.05, 0) is 50.5 Å². The van der Waals surface area contributed by atoms with Gasteiger partial charge in [-0.3, -0.25) is 28.2 Å². The monoisotopic (exact) mass is 868 g/mol. The number of nitrogens with zero attached hydrogens (tertiary/aromatic N) is 3. The van der Waals surface area contributed by atoms with Crippen LogP contribution in [0.15, 0.2) is 5.11 Å². The van der Waals surface area contributed by atoms with Crippen LogP contribution in [0.25, 0.3) is 10.4 Å². The van der Waals surface area contributed by atoms with Crippen molar-refractivity contribution in [3.8, 4) is 0 Å². The van der Waals surface area contributed by atoms with Gasteiger partial charge in [0.25, 0.3) is 5.91 Å². The predicted octanol–water partition coefficient (Wildman–Crippen LogP) is 3.69. The number of hydrogen-bond acceptors (Lipinski definition) is 11. The highest BCUT2D eigenvalue weighted by atomic mass is 32.8. The van der Waals surface area contributed by atoms with Crippen LogP contribution in [0.4, 0.5) is 28.0 Å². The quantitative estimate of drug-likeness (QED) is 0.0157. The Bertz CT molecular complexity index is 1830. The molecule has 2 aliphatic rings. The number of urea groups is 1. The topological polar surface area (TPSA) is 258 Å². The first-order valence-corrected chi connectivity index (χ1v) is 21.8. The van der Waals surface area contributed by atoms with Gasteiger partial charge in [-0.1, -0.05) is 18.0 Å². The second kappa shape index (κ2) is 22.0. The number of amides is 5. The van der Waals surface area contributed by atoms with Crippen LogP contribution >= 0.6 is 11.8 Å². The molecule has 0 aliphatic carbocycles. The van der Waals surface area contributed by atoms with E-state index < -0.39 is 90.8 Å². The molecule has 2 saturated heterocycles. The number of nitrogens with one attached hydrogen (secondary N) is 5. The molecule has 5 amide bonds. The second-order valence-electron chi connectivity index (χ2n) is 13.4. The zero-order valence-electron chi connectivity index (χ0n) is 30.8. The van der Waals surface area contributed by atoms with Crippen LogP contribution < -0.4 is 26.6 Å². The number of carbonyl (C=O) groups excluding carboxylic acids is 5. The lowest BCUT2D eigenvalue weighted by Gasteiger charge is -2.32. The Balaban J connectivity index is 1.44. The van der Waals surface area contributed by atoms with Crippen LogP contribution in [0.3, 0.4) is 0 Å². The number of rotatable bonds is 25. The van der Waals surface area contributed by atoms with Gasteiger partial charge in [0.15, 0.2) is 29.1 Å². The summed E-state index contributed by atoms with van der Waals surface area (Å²) >= 11 is 6.05. The molecule has 5 atom stereocenters. The first-order valence-electron chi connectivity index (χ1n) is 18.0. The first-order chi connectivity index (χ1) is 26.9. The van der Waals surface area contributed by atoms with Crippen molar-refractivity contribution in [2.75, 3.05) is 31.7 Å². The van der Waals surface area contributed by atoms with Gasteiger partial charge in [0.2, 0.25) is 11.8 Å². The largest absolute Gasteiger partial charge is 0.481 e. The number of ketones is 1. The van der Waals surface area contributed by atoms with Gasteiger partial charge in [-0.15, -0.1) is 11.8 Å². The maximum Gasteiger partial charge on any atom is 0.315 e. The van der Waals surface area contributed by atoms with E-state index in [1.807, 2.05) is 0 Å². The van der Waals surface area contributed by atoms with Crippen molar-refractivity contribution in [3.63, 3.8) is 0 Å². The summed E-state index contributed by atoms with van der Waals surface area (Å²) in [7, 11) is -3.11. The van der Waals surface area contributed by atoms with Gasteiger partial charge in [0.05, 0.1) is 24.7 Å². The number of benzene rings is 1. The molecule has 17 nitrogen and oxygen atoms in total. The molecule has 1 aromatic carbocycles. The van der Waals surface area contributed by atoms with Crippen molar-refractivity contribution >= 4 is 72.9 Å². The smallest absolute Gasteiger partial charge is 0.315 e. The lowest BCUT2D eigenvalue weighted by atomic mass is 9.88. The number of azide groups is 1. The molecular formula is C33H44F4N8O9S3. The number of fused-ring (bicyclic) bond motifs is 1. The van der Waals surface area contributed by atoms with Gasteiger partial charge in [0, 0.05) is 60.5 Å². The van der Waals surface area contributed by atoms with Crippen LogP contribution in [-0.2, 0) is 43.3 Å². The van der Waals surface area contributed by atoms with E-state index in [9.17, 15) is 50.5 Å². The lowest BCUT2D eigenvalue weighted by Crippen LogP contribution is -2.56. The maximum atomic E-state index is 14.6. The zero-order chi connectivity index (χ0) is 42.3. The van der Waals surface area contributed by atoms with Gasteiger partial charge in [-0.25, -0.2) is 26.6 Å². The summed E-state index contributed by atoms with van der Waals surface area (Å²) in [6, 6.07) is -2.44. The summed E-state index contributed by atoms with van der Waals surface area (Å²) in [5.41, 5.74) is 5.11. The second-order valence-corrected chi connectivity index (χ2v) is 18.2. The van der Waals surface area contributed by atoms with Gasteiger partial charge >= 0.3 is 12.0 Å². The Morgan fingerprint density at radius 1 is 0.982 bits per heavy atom. The van der Waals surface area contributed by atoms with E-state index in [2.05, 4.69) is 47.8 Å².